The van der Waals surface area contributed by atoms with Crippen LogP contribution in [-0.4, -0.2) is 22.0 Å². The second-order valence-corrected chi connectivity index (χ2v) is 4.16. The molecule has 0 bridgehead atoms. The zero-order chi connectivity index (χ0) is 13.0. The summed E-state index contributed by atoms with van der Waals surface area (Å²) in [5, 5.41) is 14.4. The Morgan fingerprint density at radius 1 is 1.39 bits per heavy atom. The number of ether oxygens (including phenoxy) is 1. The summed E-state index contributed by atoms with van der Waals surface area (Å²) < 4.78 is 7.08. The zero-order valence-electron chi connectivity index (χ0n) is 10.7. The Morgan fingerprint density at radius 3 is 2.83 bits per heavy atom. The lowest BCUT2D eigenvalue weighted by Crippen LogP contribution is -2.02. The monoisotopic (exact) mass is 246 g/mol. The lowest BCUT2D eigenvalue weighted by molar-refractivity contribution is 0.177. The van der Waals surface area contributed by atoms with Gasteiger partial charge in [0.1, 0.15) is 5.75 Å². The molecule has 0 aliphatic rings. The van der Waals surface area contributed by atoms with E-state index < -0.39 is 6.10 Å². The van der Waals surface area contributed by atoms with E-state index in [1.807, 2.05) is 37.4 Å². The van der Waals surface area contributed by atoms with Crippen LogP contribution >= 0.6 is 0 Å². The first-order valence-corrected chi connectivity index (χ1v) is 6.07. The highest BCUT2D eigenvalue weighted by Gasteiger charge is 2.13. The molecule has 0 aliphatic heterocycles. The molecule has 96 valence electrons. The van der Waals surface area contributed by atoms with Crippen molar-refractivity contribution in [2.45, 2.75) is 26.0 Å². The van der Waals surface area contributed by atoms with Crippen molar-refractivity contribution in [2.24, 2.45) is 0 Å². The normalized spacial score (nSPS) is 12.4. The van der Waals surface area contributed by atoms with Crippen LogP contribution in [0.25, 0.3) is 0 Å². The second kappa shape index (κ2) is 5.69. The summed E-state index contributed by atoms with van der Waals surface area (Å²) in [7, 11) is 1.64. The van der Waals surface area contributed by atoms with Gasteiger partial charge in [0.25, 0.3) is 0 Å². The number of hydrogen-bond donors (Lipinski definition) is 1. The maximum absolute atomic E-state index is 10.2. The SMILES string of the molecule is CCn1cc(C(O)Cc2ccccc2OC)cn1. The Balaban J connectivity index is 2.13. The van der Waals surface area contributed by atoms with Crippen LogP contribution in [0.2, 0.25) is 0 Å². The van der Waals surface area contributed by atoms with Crippen molar-refractivity contribution in [1.29, 1.82) is 0 Å². The third kappa shape index (κ3) is 2.71. The highest BCUT2D eigenvalue weighted by Crippen LogP contribution is 2.24. The summed E-state index contributed by atoms with van der Waals surface area (Å²) in [6, 6.07) is 7.73. The van der Waals surface area contributed by atoms with E-state index in [1.165, 1.54) is 0 Å². The van der Waals surface area contributed by atoms with Gasteiger partial charge in [-0.15, -0.1) is 0 Å². The fraction of sp³-hybridized carbons (Fsp3) is 0.357. The molecule has 1 heterocycles. The second-order valence-electron chi connectivity index (χ2n) is 4.16. The van der Waals surface area contributed by atoms with Crippen molar-refractivity contribution < 1.29 is 9.84 Å². The molecule has 2 aromatic rings. The van der Waals surface area contributed by atoms with Crippen molar-refractivity contribution in [1.82, 2.24) is 9.78 Å². The van der Waals surface area contributed by atoms with Gasteiger partial charge in [-0.2, -0.15) is 5.10 Å². The molecule has 1 unspecified atom stereocenters. The first-order valence-electron chi connectivity index (χ1n) is 6.07. The van der Waals surface area contributed by atoms with Crippen LogP contribution in [0.3, 0.4) is 0 Å². The van der Waals surface area contributed by atoms with Gasteiger partial charge in [-0.05, 0) is 18.6 Å². The Kier molecular flexibility index (Phi) is 3.99. The molecule has 4 nitrogen and oxygen atoms in total. The number of methoxy groups -OCH3 is 1. The van der Waals surface area contributed by atoms with Gasteiger partial charge >= 0.3 is 0 Å². The molecule has 0 spiro atoms. The van der Waals surface area contributed by atoms with Crippen LogP contribution in [0.4, 0.5) is 0 Å². The van der Waals surface area contributed by atoms with Crippen molar-refractivity contribution >= 4 is 0 Å². The first kappa shape index (κ1) is 12.6. The molecule has 4 heteroatoms. The van der Waals surface area contributed by atoms with Gasteiger partial charge in [0.15, 0.2) is 0 Å². The molecule has 0 saturated heterocycles. The third-order valence-corrected chi connectivity index (χ3v) is 2.97. The minimum atomic E-state index is -0.554. The minimum absolute atomic E-state index is 0.527. The van der Waals surface area contributed by atoms with E-state index in [4.69, 9.17) is 4.74 Å². The van der Waals surface area contributed by atoms with Crippen LogP contribution in [0.1, 0.15) is 24.2 Å². The van der Waals surface area contributed by atoms with Gasteiger partial charge in [0.05, 0.1) is 19.4 Å². The van der Waals surface area contributed by atoms with Crippen LogP contribution in [-0.2, 0) is 13.0 Å². The third-order valence-electron chi connectivity index (χ3n) is 2.97. The van der Waals surface area contributed by atoms with E-state index in [2.05, 4.69) is 5.10 Å². The number of aryl methyl sites for hydroxylation is 1. The molecule has 1 atom stereocenters. The number of nitrogens with zero attached hydrogens (tertiary/aromatic N) is 2. The number of aliphatic hydroxyl groups is 1. The molecule has 1 N–H and O–H groups in total. The van der Waals surface area contributed by atoms with E-state index >= 15 is 0 Å². The van der Waals surface area contributed by atoms with Gasteiger partial charge in [-0.1, -0.05) is 18.2 Å². The van der Waals surface area contributed by atoms with Crippen LogP contribution in [0, 0.1) is 0 Å². The molecule has 1 aromatic heterocycles. The van der Waals surface area contributed by atoms with Crippen LogP contribution in [0.5, 0.6) is 5.75 Å². The van der Waals surface area contributed by atoms with E-state index in [9.17, 15) is 5.11 Å². The summed E-state index contributed by atoms with van der Waals surface area (Å²) in [5.74, 6) is 0.805. The number of hydrogen-bond acceptors (Lipinski definition) is 3. The molecule has 0 saturated carbocycles. The molecular formula is C14H18N2O2. The molecule has 1 aromatic carbocycles. The quantitative estimate of drug-likeness (QED) is 0.879. The summed E-state index contributed by atoms with van der Waals surface area (Å²) in [4.78, 5) is 0. The predicted molar refractivity (Wildman–Crippen MR) is 69.6 cm³/mol. The Labute approximate surface area is 107 Å². The average Bonchev–Trinajstić information content (AvgIpc) is 2.88. The van der Waals surface area contributed by atoms with E-state index in [0.29, 0.717) is 6.42 Å². The minimum Gasteiger partial charge on any atom is -0.496 e. The van der Waals surface area contributed by atoms with Crippen molar-refractivity contribution in [3.63, 3.8) is 0 Å². The number of benzene rings is 1. The highest BCUT2D eigenvalue weighted by molar-refractivity contribution is 5.34. The van der Waals surface area contributed by atoms with Crippen molar-refractivity contribution in [3.8, 4) is 5.75 Å². The first-order chi connectivity index (χ1) is 8.74. The van der Waals surface area contributed by atoms with Gasteiger partial charge in [0, 0.05) is 24.7 Å². The Morgan fingerprint density at radius 2 is 2.17 bits per heavy atom. The molecule has 0 amide bonds. The summed E-state index contributed by atoms with van der Waals surface area (Å²) >= 11 is 0. The standard InChI is InChI=1S/C14H18N2O2/c1-3-16-10-12(9-15-16)13(17)8-11-6-4-5-7-14(11)18-2/h4-7,9-10,13,17H,3,8H2,1-2H3. The average molecular weight is 246 g/mol. The molecule has 18 heavy (non-hydrogen) atoms. The molecule has 0 aliphatic carbocycles. The fourth-order valence-corrected chi connectivity index (χ4v) is 1.92. The Bertz CT molecular complexity index is 508. The lowest BCUT2D eigenvalue weighted by atomic mass is 10.0. The zero-order valence-corrected chi connectivity index (χ0v) is 10.7. The molecule has 0 fully saturated rings. The molecule has 2 rings (SSSR count). The van der Waals surface area contributed by atoms with E-state index in [0.717, 1.165) is 23.4 Å². The van der Waals surface area contributed by atoms with Gasteiger partial charge < -0.3 is 9.84 Å². The Hall–Kier alpha value is -1.81. The summed E-state index contributed by atoms with van der Waals surface area (Å²) in [6.07, 6.45) is 3.56. The lowest BCUT2D eigenvalue weighted by Gasteiger charge is -2.11. The molecule has 0 radical (unpaired) electrons. The fourth-order valence-electron chi connectivity index (χ4n) is 1.92. The number of rotatable bonds is 5. The number of para-hydroxylation sites is 1. The van der Waals surface area contributed by atoms with Crippen molar-refractivity contribution in [3.05, 3.63) is 47.8 Å². The van der Waals surface area contributed by atoms with E-state index in [1.54, 1.807) is 18.0 Å². The largest absolute Gasteiger partial charge is 0.496 e. The van der Waals surface area contributed by atoms with Gasteiger partial charge in [-0.3, -0.25) is 4.68 Å². The van der Waals surface area contributed by atoms with E-state index in [-0.39, 0.29) is 0 Å². The van der Waals surface area contributed by atoms with Gasteiger partial charge in [-0.25, -0.2) is 0 Å². The van der Waals surface area contributed by atoms with Crippen LogP contribution in [0.15, 0.2) is 36.7 Å². The van der Waals surface area contributed by atoms with Crippen molar-refractivity contribution in [2.75, 3.05) is 7.11 Å². The number of aromatic nitrogens is 2. The highest BCUT2D eigenvalue weighted by atomic mass is 16.5. The predicted octanol–water partition coefficient (Wildman–Crippen LogP) is 2.19. The van der Waals surface area contributed by atoms with Gasteiger partial charge in [0.2, 0.25) is 0 Å². The summed E-state index contributed by atoms with van der Waals surface area (Å²) in [6.45, 7) is 2.82. The molecular weight excluding hydrogens is 228 g/mol. The topological polar surface area (TPSA) is 47.3 Å². The maximum atomic E-state index is 10.2. The number of aliphatic hydroxyl groups excluding tert-OH is 1. The smallest absolute Gasteiger partial charge is 0.122 e. The maximum Gasteiger partial charge on any atom is 0.122 e. The summed E-state index contributed by atoms with van der Waals surface area (Å²) in [5.41, 5.74) is 1.83. The van der Waals surface area contributed by atoms with Crippen LogP contribution < -0.4 is 4.74 Å².